The molecule has 1 N–H and O–H groups in total. The van der Waals surface area contributed by atoms with Crippen LogP contribution in [0.15, 0.2) is 42.5 Å². The first kappa shape index (κ1) is 21.8. The lowest BCUT2D eigenvalue weighted by Crippen LogP contribution is -2.44. The van der Waals surface area contributed by atoms with E-state index in [2.05, 4.69) is 36.1 Å². The van der Waals surface area contributed by atoms with E-state index in [-0.39, 0.29) is 12.6 Å². The van der Waals surface area contributed by atoms with Crippen LogP contribution in [0, 0.1) is 0 Å². The Bertz CT molecular complexity index is 1190. The third-order valence-corrected chi connectivity index (χ3v) is 6.38. The normalized spacial score (nSPS) is 18.9. The molecule has 5 rings (SSSR count). The standard InChI is InChI=1S/C26H29N3O4/c1-17-16-33-12-9-29(17)25-6-4-21-22(18-7-10-32-11-8-18)14-23(27-26(21)28-25)19-3-5-24(31-2)20(13-19)15-30/h3-7,13-14,17,30H,8-12,15-16H2,1-2H3/t17-/m0/s1. The average molecular weight is 448 g/mol. The van der Waals surface area contributed by atoms with E-state index in [0.29, 0.717) is 37.8 Å². The number of aliphatic hydroxyl groups excluding tert-OH is 1. The molecule has 3 aromatic rings. The van der Waals surface area contributed by atoms with Gasteiger partial charge in [0, 0.05) is 23.1 Å². The van der Waals surface area contributed by atoms with Crippen molar-refractivity contribution >= 4 is 22.4 Å². The fourth-order valence-electron chi connectivity index (χ4n) is 4.57. The summed E-state index contributed by atoms with van der Waals surface area (Å²) in [6, 6.07) is 12.4. The lowest BCUT2D eigenvalue weighted by Gasteiger charge is -2.34. The number of rotatable bonds is 5. The van der Waals surface area contributed by atoms with Crippen molar-refractivity contribution in [2.45, 2.75) is 26.0 Å². The zero-order chi connectivity index (χ0) is 22.8. The maximum atomic E-state index is 9.81. The minimum Gasteiger partial charge on any atom is -0.496 e. The molecule has 0 amide bonds. The van der Waals surface area contributed by atoms with E-state index in [1.165, 1.54) is 5.57 Å². The molecule has 1 aromatic carbocycles. The summed E-state index contributed by atoms with van der Waals surface area (Å²) in [6.45, 7) is 5.58. The van der Waals surface area contributed by atoms with Crippen molar-refractivity contribution in [3.63, 3.8) is 0 Å². The van der Waals surface area contributed by atoms with Gasteiger partial charge in [0.05, 0.1) is 51.9 Å². The van der Waals surface area contributed by atoms with Gasteiger partial charge in [-0.25, -0.2) is 9.97 Å². The van der Waals surface area contributed by atoms with Crippen LogP contribution in [0.4, 0.5) is 5.82 Å². The van der Waals surface area contributed by atoms with Crippen molar-refractivity contribution in [2.75, 3.05) is 45.0 Å². The summed E-state index contributed by atoms with van der Waals surface area (Å²) in [6.07, 6.45) is 3.00. The number of nitrogens with zero attached hydrogens (tertiary/aromatic N) is 3. The van der Waals surface area contributed by atoms with E-state index in [9.17, 15) is 5.11 Å². The van der Waals surface area contributed by atoms with Crippen molar-refractivity contribution in [3.05, 3.63) is 53.6 Å². The molecular formula is C26H29N3O4. The van der Waals surface area contributed by atoms with Crippen LogP contribution in [0.1, 0.15) is 24.5 Å². The van der Waals surface area contributed by atoms with E-state index in [1.807, 2.05) is 18.2 Å². The number of hydrogen-bond acceptors (Lipinski definition) is 7. The molecule has 1 atom stereocenters. The quantitative estimate of drug-likeness (QED) is 0.637. The lowest BCUT2D eigenvalue weighted by atomic mass is 9.96. The number of ether oxygens (including phenoxy) is 3. The van der Waals surface area contributed by atoms with Gasteiger partial charge in [-0.15, -0.1) is 0 Å². The fourth-order valence-corrected chi connectivity index (χ4v) is 4.57. The van der Waals surface area contributed by atoms with Crippen molar-refractivity contribution in [1.29, 1.82) is 0 Å². The molecule has 0 aliphatic carbocycles. The second-order valence-electron chi connectivity index (χ2n) is 8.45. The number of hydrogen-bond donors (Lipinski definition) is 1. The van der Waals surface area contributed by atoms with Gasteiger partial charge in [-0.05, 0) is 60.9 Å². The Kier molecular flexibility index (Phi) is 6.26. The highest BCUT2D eigenvalue weighted by atomic mass is 16.5. The highest BCUT2D eigenvalue weighted by Gasteiger charge is 2.22. The number of pyridine rings is 2. The molecule has 0 bridgehead atoms. The Morgan fingerprint density at radius 2 is 2.03 bits per heavy atom. The van der Waals surface area contributed by atoms with Crippen LogP contribution in [-0.2, 0) is 16.1 Å². The summed E-state index contributed by atoms with van der Waals surface area (Å²) in [4.78, 5) is 12.2. The minimum atomic E-state index is -0.0999. The molecule has 33 heavy (non-hydrogen) atoms. The summed E-state index contributed by atoms with van der Waals surface area (Å²) in [5, 5.41) is 10.8. The predicted octanol–water partition coefficient (Wildman–Crippen LogP) is 3.83. The van der Waals surface area contributed by atoms with Crippen LogP contribution in [0.2, 0.25) is 0 Å². The van der Waals surface area contributed by atoms with Crippen molar-refractivity contribution in [3.8, 4) is 17.0 Å². The summed E-state index contributed by atoms with van der Waals surface area (Å²) in [5.41, 5.74) is 5.57. The molecule has 2 aliphatic rings. The molecule has 1 fully saturated rings. The molecule has 1 saturated heterocycles. The minimum absolute atomic E-state index is 0.0999. The maximum absolute atomic E-state index is 9.81. The topological polar surface area (TPSA) is 76.9 Å². The highest BCUT2D eigenvalue weighted by Crippen LogP contribution is 2.34. The maximum Gasteiger partial charge on any atom is 0.162 e. The molecule has 7 heteroatoms. The third-order valence-electron chi connectivity index (χ3n) is 6.38. The van der Waals surface area contributed by atoms with E-state index in [0.717, 1.165) is 46.6 Å². The van der Waals surface area contributed by atoms with Gasteiger partial charge in [-0.1, -0.05) is 6.08 Å². The number of aromatic nitrogens is 2. The van der Waals surface area contributed by atoms with Crippen LogP contribution in [0.3, 0.4) is 0 Å². The largest absolute Gasteiger partial charge is 0.496 e. The fraction of sp³-hybridized carbons (Fsp3) is 0.385. The van der Waals surface area contributed by atoms with Gasteiger partial charge in [0.2, 0.25) is 0 Å². The molecule has 0 radical (unpaired) electrons. The first-order valence-corrected chi connectivity index (χ1v) is 11.4. The van der Waals surface area contributed by atoms with E-state index >= 15 is 0 Å². The van der Waals surface area contributed by atoms with Crippen molar-refractivity contribution < 1.29 is 19.3 Å². The monoisotopic (exact) mass is 447 g/mol. The first-order valence-electron chi connectivity index (χ1n) is 11.4. The van der Waals surface area contributed by atoms with Gasteiger partial charge < -0.3 is 24.2 Å². The second-order valence-corrected chi connectivity index (χ2v) is 8.45. The number of methoxy groups -OCH3 is 1. The number of morpholine rings is 1. The zero-order valence-electron chi connectivity index (χ0n) is 19.1. The number of benzene rings is 1. The SMILES string of the molecule is COc1ccc(-c2cc(C3=CCOCC3)c3ccc(N4CCOC[C@@H]4C)nc3n2)cc1CO. The number of aliphatic hydroxyl groups is 1. The highest BCUT2D eigenvalue weighted by molar-refractivity contribution is 5.93. The predicted molar refractivity (Wildman–Crippen MR) is 128 cm³/mol. The van der Waals surface area contributed by atoms with E-state index < -0.39 is 0 Å². The summed E-state index contributed by atoms with van der Waals surface area (Å²) < 4.78 is 16.5. The first-order chi connectivity index (χ1) is 16.2. The van der Waals surface area contributed by atoms with Gasteiger partial charge in [0.15, 0.2) is 5.65 Å². The third kappa shape index (κ3) is 4.31. The van der Waals surface area contributed by atoms with E-state index in [4.69, 9.17) is 24.2 Å². The second kappa shape index (κ2) is 9.47. The van der Waals surface area contributed by atoms with Crippen LogP contribution in [0.5, 0.6) is 5.75 Å². The van der Waals surface area contributed by atoms with Gasteiger partial charge in [-0.3, -0.25) is 0 Å². The molecule has 0 spiro atoms. The molecule has 7 nitrogen and oxygen atoms in total. The Hall–Kier alpha value is -3.00. The molecule has 2 aromatic heterocycles. The van der Waals surface area contributed by atoms with Crippen molar-refractivity contribution in [1.82, 2.24) is 9.97 Å². The summed E-state index contributed by atoms with van der Waals surface area (Å²) in [7, 11) is 1.61. The Morgan fingerprint density at radius 1 is 1.12 bits per heavy atom. The smallest absolute Gasteiger partial charge is 0.162 e. The molecule has 172 valence electrons. The Labute approximate surface area is 193 Å². The molecular weight excluding hydrogens is 418 g/mol. The molecule has 0 unspecified atom stereocenters. The Balaban J connectivity index is 1.66. The zero-order valence-corrected chi connectivity index (χ0v) is 19.1. The average Bonchev–Trinajstić information content (AvgIpc) is 2.88. The van der Waals surface area contributed by atoms with Crippen molar-refractivity contribution in [2.24, 2.45) is 0 Å². The summed E-state index contributed by atoms with van der Waals surface area (Å²) in [5.74, 6) is 1.58. The lowest BCUT2D eigenvalue weighted by molar-refractivity contribution is 0.0985. The Morgan fingerprint density at radius 3 is 2.79 bits per heavy atom. The summed E-state index contributed by atoms with van der Waals surface area (Å²) >= 11 is 0. The van der Waals surface area contributed by atoms with Crippen LogP contribution >= 0.6 is 0 Å². The molecule has 0 saturated carbocycles. The van der Waals surface area contributed by atoms with E-state index in [1.54, 1.807) is 7.11 Å². The van der Waals surface area contributed by atoms with Gasteiger partial charge in [-0.2, -0.15) is 0 Å². The van der Waals surface area contributed by atoms with Gasteiger partial charge >= 0.3 is 0 Å². The van der Waals surface area contributed by atoms with Crippen LogP contribution in [0.25, 0.3) is 27.9 Å². The molecule has 4 heterocycles. The van der Waals surface area contributed by atoms with Crippen LogP contribution in [-0.4, -0.2) is 61.2 Å². The van der Waals surface area contributed by atoms with Gasteiger partial charge in [0.25, 0.3) is 0 Å². The van der Waals surface area contributed by atoms with Gasteiger partial charge in [0.1, 0.15) is 11.6 Å². The molecule has 2 aliphatic heterocycles. The number of fused-ring (bicyclic) bond motifs is 1. The number of anilines is 1. The van der Waals surface area contributed by atoms with Crippen LogP contribution < -0.4 is 9.64 Å².